The van der Waals surface area contributed by atoms with E-state index in [-0.39, 0.29) is 0 Å². The highest BCUT2D eigenvalue weighted by Crippen LogP contribution is 2.40. The van der Waals surface area contributed by atoms with E-state index in [0.29, 0.717) is 69.1 Å². The van der Waals surface area contributed by atoms with Crippen LogP contribution in [0.2, 0.25) is 0 Å². The molecule has 0 bridgehead atoms. The minimum absolute atomic E-state index is 0.638. The normalized spacial score (nSPS) is 10.9. The molecule has 0 aliphatic heterocycles. The van der Waals surface area contributed by atoms with Gasteiger partial charge < -0.3 is 0 Å². The van der Waals surface area contributed by atoms with Gasteiger partial charge in [0.25, 0.3) is 0 Å². The quantitative estimate of drug-likeness (QED) is 0.0792. The van der Waals surface area contributed by atoms with Gasteiger partial charge in [-0.2, -0.15) is 15.8 Å². The molecule has 0 aliphatic carbocycles. The van der Waals surface area contributed by atoms with Crippen molar-refractivity contribution < 1.29 is 0 Å². The van der Waals surface area contributed by atoms with Crippen molar-refractivity contribution in [1.29, 1.82) is 15.8 Å². The maximum atomic E-state index is 9.52. The number of hydrogen-bond donors (Lipinski definition) is 0. The SMILES string of the molecule is N#Cc1ccc(-c2ccc(-c3ccc4ccc(-c5ccc(-c6nc(-c7ccccc7)nc(-c7ccccc7)n6)cc5)cc4c3)cc2)cc1.N#Cc1cccc(-c2ccc(-c3ccc4ccc(-c5ccc(-c6nc(-c7ccccc7)nc(-c7ccccc7)n6)cc5)cc4c3)cc2)c1.N#Cc1ccccc1-c1ccc(-c2ccc3ccc(-c4ccc(-c5nc(-c6ccccc6)nc(-c6ccccc6)n5)cc4)cc3c2)cc1. The van der Waals surface area contributed by atoms with Crippen LogP contribution in [0.25, 0.3) is 235 Å². The number of nitrogens with zero attached hydrogens (tertiary/aromatic N) is 12. The van der Waals surface area contributed by atoms with Gasteiger partial charge in [0.15, 0.2) is 52.4 Å². The molecule has 0 aliphatic rings. The van der Waals surface area contributed by atoms with Crippen molar-refractivity contribution in [2.75, 3.05) is 0 Å². The molecule has 21 aromatic carbocycles. The first-order valence-corrected chi connectivity index (χ1v) is 47.5. The Labute approximate surface area is 834 Å². The average molecular weight is 1840 g/mol. The predicted octanol–water partition coefficient (Wildman–Crippen LogP) is 32.7. The zero-order valence-corrected chi connectivity index (χ0v) is 77.9. The minimum atomic E-state index is 0.638. The van der Waals surface area contributed by atoms with E-state index in [9.17, 15) is 10.5 Å². The summed E-state index contributed by atoms with van der Waals surface area (Å²) in [6.07, 6.45) is 0. The van der Waals surface area contributed by atoms with Crippen molar-refractivity contribution >= 4 is 32.3 Å². The van der Waals surface area contributed by atoms with E-state index in [0.717, 1.165) is 145 Å². The first kappa shape index (κ1) is 89.1. The highest BCUT2D eigenvalue weighted by Gasteiger charge is 2.20. The number of nitriles is 3. The lowest BCUT2D eigenvalue weighted by Gasteiger charge is -2.10. The summed E-state index contributed by atoms with van der Waals surface area (Å²) in [6.45, 7) is 0. The summed E-state index contributed by atoms with van der Waals surface area (Å²) in [5, 5.41) is 35.0. The summed E-state index contributed by atoms with van der Waals surface area (Å²) in [4.78, 5) is 43.7. The van der Waals surface area contributed by atoms with Crippen LogP contribution in [0.3, 0.4) is 0 Å². The summed E-state index contributed by atoms with van der Waals surface area (Å²) < 4.78 is 0. The van der Waals surface area contributed by atoms with Gasteiger partial charge in [0.05, 0.1) is 34.9 Å². The molecule has 0 fully saturated rings. The highest BCUT2D eigenvalue weighted by atomic mass is 15.1. The van der Waals surface area contributed by atoms with E-state index in [4.69, 9.17) is 50.1 Å². The van der Waals surface area contributed by atoms with Gasteiger partial charge in [-0.05, 0) is 199 Å². The molecule has 144 heavy (non-hydrogen) atoms. The third-order valence-corrected chi connectivity index (χ3v) is 25.7. The van der Waals surface area contributed by atoms with Crippen molar-refractivity contribution in [3.63, 3.8) is 0 Å². The third-order valence-electron chi connectivity index (χ3n) is 25.7. The smallest absolute Gasteiger partial charge is 0.164 e. The molecule has 672 valence electrons. The molecule has 0 amide bonds. The van der Waals surface area contributed by atoms with Crippen molar-refractivity contribution in [1.82, 2.24) is 44.9 Å². The third kappa shape index (κ3) is 19.9. The van der Waals surface area contributed by atoms with Crippen molar-refractivity contribution in [3.05, 3.63) is 526 Å². The second-order valence-corrected chi connectivity index (χ2v) is 34.9. The monoisotopic (exact) mass is 1840 g/mol. The fraction of sp³-hybridized carbons (Fsp3) is 0. The lowest BCUT2D eigenvalue weighted by atomic mass is 9.95. The van der Waals surface area contributed by atoms with Gasteiger partial charge in [-0.25, -0.2) is 44.9 Å². The predicted molar refractivity (Wildman–Crippen MR) is 584 cm³/mol. The summed E-state index contributed by atoms with van der Waals surface area (Å²) in [6, 6.07) is 180. The Morgan fingerprint density at radius 3 is 0.535 bits per heavy atom. The Balaban J connectivity index is 0.000000123. The number of fused-ring (bicyclic) bond motifs is 3. The molecule has 24 rings (SSSR count). The van der Waals surface area contributed by atoms with E-state index in [1.165, 1.54) is 37.9 Å². The average Bonchev–Trinajstić information content (AvgIpc) is 0.796. The molecule has 3 aromatic heterocycles. The number of aromatic nitrogens is 9. The van der Waals surface area contributed by atoms with Gasteiger partial charge in [-0.3, -0.25) is 0 Å². The fourth-order valence-electron chi connectivity index (χ4n) is 18.0. The van der Waals surface area contributed by atoms with E-state index < -0.39 is 0 Å². The Morgan fingerprint density at radius 1 is 0.118 bits per heavy atom. The standard InChI is InChI=1S/3C44H28N4/c45-29-30-8-7-13-38(26-30)31-14-16-32(17-15-31)39-24-20-34-21-25-40(28-41(34)27-39)33-18-22-37(23-19-33)44-47-42(35-9-3-1-4-10-35)46-43(48-44)36-11-5-2-6-12-36;45-29-39-13-7-8-14-41(39)33-21-15-30(16-22-33)37-25-19-32-20-26-38(28-40(32)27-37)31-17-23-36(24-18-31)44-47-42(34-9-3-1-4-10-34)46-43(48-44)35-11-5-2-6-12-35;45-29-30-11-13-31(14-12-30)32-15-17-33(18-16-32)39-25-21-35-22-26-40(28-41(35)27-39)34-19-23-38(24-20-34)44-47-42(36-7-3-1-4-8-36)46-43(48-44)37-9-5-2-6-10-37/h3*1-28H. The molecular weight excluding hydrogens is 1750 g/mol. The van der Waals surface area contributed by atoms with E-state index >= 15 is 0 Å². The van der Waals surface area contributed by atoms with Crippen molar-refractivity contribution in [2.24, 2.45) is 0 Å². The van der Waals surface area contributed by atoms with E-state index in [2.05, 4.69) is 273 Å². The van der Waals surface area contributed by atoms with Gasteiger partial charge in [0.2, 0.25) is 0 Å². The first-order chi connectivity index (χ1) is 71.1. The lowest BCUT2D eigenvalue weighted by Crippen LogP contribution is -2.00. The molecule has 0 N–H and O–H groups in total. The molecule has 12 heteroatoms. The van der Waals surface area contributed by atoms with Gasteiger partial charge in [0.1, 0.15) is 0 Å². The molecule has 12 nitrogen and oxygen atoms in total. The number of benzene rings is 21. The summed E-state index contributed by atoms with van der Waals surface area (Å²) >= 11 is 0. The molecule has 0 saturated heterocycles. The Kier molecular flexibility index (Phi) is 25.4. The Hall–Kier alpha value is -20.1. The molecule has 0 spiro atoms. The summed E-state index contributed by atoms with van der Waals surface area (Å²) in [5.74, 6) is 5.82. The van der Waals surface area contributed by atoms with Crippen LogP contribution in [0.1, 0.15) is 16.7 Å². The Bertz CT molecular complexity index is 8760. The van der Waals surface area contributed by atoms with Gasteiger partial charge in [-0.1, -0.05) is 443 Å². The maximum absolute atomic E-state index is 9.52. The molecule has 0 saturated carbocycles. The van der Waals surface area contributed by atoms with Gasteiger partial charge in [-0.15, -0.1) is 0 Å². The van der Waals surface area contributed by atoms with Crippen LogP contribution in [0.5, 0.6) is 0 Å². The minimum Gasteiger partial charge on any atom is -0.208 e. The molecule has 24 aromatic rings. The van der Waals surface area contributed by atoms with Crippen LogP contribution in [-0.4, -0.2) is 44.9 Å². The van der Waals surface area contributed by atoms with E-state index in [1.54, 1.807) is 0 Å². The zero-order valence-electron chi connectivity index (χ0n) is 77.9. The largest absolute Gasteiger partial charge is 0.208 e. The Morgan fingerprint density at radius 2 is 0.299 bits per heavy atom. The fourth-order valence-corrected chi connectivity index (χ4v) is 18.0. The molecule has 0 radical (unpaired) electrons. The molecular formula is C132H84N12. The molecule has 0 unspecified atom stereocenters. The van der Waals surface area contributed by atoms with Crippen LogP contribution in [0.15, 0.2) is 510 Å². The zero-order chi connectivity index (χ0) is 96.9. The maximum Gasteiger partial charge on any atom is 0.164 e. The number of hydrogen-bond acceptors (Lipinski definition) is 12. The van der Waals surface area contributed by atoms with E-state index in [1.807, 2.05) is 255 Å². The van der Waals surface area contributed by atoms with Gasteiger partial charge in [0, 0.05) is 50.1 Å². The summed E-state index contributed by atoms with van der Waals surface area (Å²) in [7, 11) is 0. The second kappa shape index (κ2) is 41.1. The van der Waals surface area contributed by atoms with Crippen LogP contribution in [-0.2, 0) is 0 Å². The highest BCUT2D eigenvalue weighted by molar-refractivity contribution is 5.95. The molecule has 0 atom stereocenters. The first-order valence-electron chi connectivity index (χ1n) is 47.5. The molecule has 3 heterocycles. The second-order valence-electron chi connectivity index (χ2n) is 34.9. The van der Waals surface area contributed by atoms with Gasteiger partial charge >= 0.3 is 0 Å². The lowest BCUT2D eigenvalue weighted by molar-refractivity contribution is 1.07. The van der Waals surface area contributed by atoms with Crippen LogP contribution >= 0.6 is 0 Å². The van der Waals surface area contributed by atoms with Crippen LogP contribution < -0.4 is 0 Å². The van der Waals surface area contributed by atoms with Crippen LogP contribution in [0, 0.1) is 34.0 Å². The topological polar surface area (TPSA) is 187 Å². The number of rotatable bonds is 18. The van der Waals surface area contributed by atoms with Crippen molar-refractivity contribution in [2.45, 2.75) is 0 Å². The summed E-state index contributed by atoms with van der Waals surface area (Å²) in [5.41, 5.74) is 30.5. The van der Waals surface area contributed by atoms with Crippen LogP contribution in [0.4, 0.5) is 0 Å². The van der Waals surface area contributed by atoms with Crippen molar-refractivity contribution in [3.8, 4) is 221 Å².